The lowest BCUT2D eigenvalue weighted by Gasteiger charge is -2.39. The number of aliphatic hydroxyl groups is 1. The number of nitrogens with two attached hydrogens (primary N) is 1. The van der Waals surface area contributed by atoms with E-state index < -0.39 is 11.7 Å². The van der Waals surface area contributed by atoms with Crippen LogP contribution in [0.4, 0.5) is 0 Å². The first-order valence-corrected chi connectivity index (χ1v) is 5.10. The summed E-state index contributed by atoms with van der Waals surface area (Å²) in [5, 5.41) is 11.8. The van der Waals surface area contributed by atoms with Crippen molar-refractivity contribution in [2.45, 2.75) is 31.6 Å². The zero-order valence-corrected chi connectivity index (χ0v) is 8.47. The number of aliphatic hydroxyl groups excluding tert-OH is 1. The van der Waals surface area contributed by atoms with Gasteiger partial charge in [-0.15, -0.1) is 11.3 Å². The summed E-state index contributed by atoms with van der Waals surface area (Å²) in [5.74, 6) is 0.813. The molecule has 1 aliphatic heterocycles. The quantitative estimate of drug-likeness (QED) is 0.661. The Morgan fingerprint density at radius 1 is 1.62 bits per heavy atom. The molecule has 1 aromatic heterocycles. The van der Waals surface area contributed by atoms with Crippen molar-refractivity contribution in [2.24, 2.45) is 5.73 Å². The molecule has 2 atom stereocenters. The van der Waals surface area contributed by atoms with Crippen LogP contribution in [0.1, 0.15) is 24.8 Å². The molecule has 0 radical (unpaired) electrons. The molecule has 3 N–H and O–H groups in total. The van der Waals surface area contributed by atoms with Gasteiger partial charge in [-0.1, -0.05) is 0 Å². The van der Waals surface area contributed by atoms with Gasteiger partial charge in [-0.2, -0.15) is 0 Å². The monoisotopic (exact) mass is 199 g/mol. The smallest absolute Gasteiger partial charge is 0.135 e. The molecule has 0 amide bonds. The summed E-state index contributed by atoms with van der Waals surface area (Å²) in [4.78, 5) is 0.937. The fourth-order valence-electron chi connectivity index (χ4n) is 1.56. The van der Waals surface area contributed by atoms with E-state index in [1.807, 2.05) is 25.3 Å². The number of fused-ring (bicyclic) bond motifs is 1. The van der Waals surface area contributed by atoms with Crippen molar-refractivity contribution in [1.29, 1.82) is 0 Å². The molecular formula is C9H13NO2S. The molecule has 1 aromatic rings. The van der Waals surface area contributed by atoms with E-state index in [1.54, 1.807) is 0 Å². The average Bonchev–Trinajstić information content (AvgIpc) is 2.47. The summed E-state index contributed by atoms with van der Waals surface area (Å²) >= 11 is 1.53. The SMILES string of the molecule is CC1(C)Oc2ccsc2[C@H](N)[C@@H]1O. The molecule has 2 heterocycles. The van der Waals surface area contributed by atoms with E-state index in [1.165, 1.54) is 11.3 Å². The normalized spacial score (nSPS) is 30.8. The molecular weight excluding hydrogens is 186 g/mol. The Kier molecular flexibility index (Phi) is 1.87. The lowest BCUT2D eigenvalue weighted by molar-refractivity contribution is -0.0556. The number of hydrogen-bond donors (Lipinski definition) is 2. The second-order valence-corrected chi connectivity index (χ2v) is 4.77. The van der Waals surface area contributed by atoms with Crippen LogP contribution in [0.2, 0.25) is 0 Å². The van der Waals surface area contributed by atoms with E-state index in [9.17, 15) is 5.11 Å². The minimum absolute atomic E-state index is 0.321. The van der Waals surface area contributed by atoms with Crippen molar-refractivity contribution < 1.29 is 9.84 Å². The Balaban J connectivity index is 2.44. The highest BCUT2D eigenvalue weighted by Gasteiger charge is 2.41. The second-order valence-electron chi connectivity index (χ2n) is 3.83. The summed E-state index contributed by atoms with van der Waals surface area (Å²) in [6.45, 7) is 3.69. The van der Waals surface area contributed by atoms with Gasteiger partial charge in [0.1, 0.15) is 17.5 Å². The van der Waals surface area contributed by atoms with Crippen molar-refractivity contribution in [2.75, 3.05) is 0 Å². The zero-order chi connectivity index (χ0) is 9.64. The van der Waals surface area contributed by atoms with Gasteiger partial charge in [0.25, 0.3) is 0 Å². The maximum absolute atomic E-state index is 9.83. The van der Waals surface area contributed by atoms with E-state index in [0.29, 0.717) is 0 Å². The number of hydrogen-bond acceptors (Lipinski definition) is 4. The van der Waals surface area contributed by atoms with Crippen LogP contribution in [-0.4, -0.2) is 16.8 Å². The highest BCUT2D eigenvalue weighted by atomic mass is 32.1. The molecule has 0 aliphatic carbocycles. The molecule has 1 aliphatic rings. The minimum atomic E-state index is -0.640. The third-order valence-corrected chi connectivity index (χ3v) is 3.38. The average molecular weight is 199 g/mol. The van der Waals surface area contributed by atoms with Crippen LogP contribution in [-0.2, 0) is 0 Å². The summed E-state index contributed by atoms with van der Waals surface area (Å²) in [6, 6.07) is 1.58. The second kappa shape index (κ2) is 2.70. The van der Waals surface area contributed by atoms with Crippen molar-refractivity contribution >= 4 is 11.3 Å². The standard InChI is InChI=1S/C9H13NO2S/c1-9(2)8(11)6(10)7-5(12-9)3-4-13-7/h3-4,6,8,11H,10H2,1-2H3/t6-,8-/m0/s1. The van der Waals surface area contributed by atoms with Crippen LogP contribution >= 0.6 is 11.3 Å². The van der Waals surface area contributed by atoms with E-state index in [2.05, 4.69) is 0 Å². The lowest BCUT2D eigenvalue weighted by Crippen LogP contribution is -2.50. The molecule has 13 heavy (non-hydrogen) atoms. The van der Waals surface area contributed by atoms with Gasteiger partial charge in [0.15, 0.2) is 0 Å². The van der Waals surface area contributed by atoms with E-state index in [0.717, 1.165) is 10.6 Å². The van der Waals surface area contributed by atoms with Crippen LogP contribution in [0.3, 0.4) is 0 Å². The van der Waals surface area contributed by atoms with E-state index in [4.69, 9.17) is 10.5 Å². The molecule has 0 aromatic carbocycles. The molecule has 0 spiro atoms. The molecule has 0 fully saturated rings. The first-order valence-electron chi connectivity index (χ1n) is 4.22. The van der Waals surface area contributed by atoms with Crippen LogP contribution in [0.15, 0.2) is 11.4 Å². The first-order chi connectivity index (χ1) is 6.02. The van der Waals surface area contributed by atoms with E-state index in [-0.39, 0.29) is 6.04 Å². The van der Waals surface area contributed by atoms with Crippen LogP contribution in [0, 0.1) is 0 Å². The Labute approximate surface area is 81.1 Å². The topological polar surface area (TPSA) is 55.5 Å². The minimum Gasteiger partial charge on any atom is -0.484 e. The highest BCUT2D eigenvalue weighted by molar-refractivity contribution is 7.10. The molecule has 4 heteroatoms. The maximum atomic E-state index is 9.83. The van der Waals surface area contributed by atoms with E-state index >= 15 is 0 Å². The van der Waals surface area contributed by atoms with Gasteiger partial charge in [0.05, 0.1) is 10.9 Å². The molecule has 0 bridgehead atoms. The summed E-state index contributed by atoms with van der Waals surface area (Å²) in [5.41, 5.74) is 5.30. The Morgan fingerprint density at radius 2 is 2.31 bits per heavy atom. The molecule has 72 valence electrons. The van der Waals surface area contributed by atoms with Crippen molar-refractivity contribution in [3.63, 3.8) is 0 Å². The molecule has 3 nitrogen and oxygen atoms in total. The zero-order valence-electron chi connectivity index (χ0n) is 7.65. The summed E-state index contributed by atoms with van der Waals surface area (Å²) in [6.07, 6.45) is -0.640. The van der Waals surface area contributed by atoms with Gasteiger partial charge in [-0.3, -0.25) is 0 Å². The lowest BCUT2D eigenvalue weighted by atomic mass is 9.91. The van der Waals surface area contributed by atoms with Crippen LogP contribution < -0.4 is 10.5 Å². The Hall–Kier alpha value is -0.580. The van der Waals surface area contributed by atoms with Crippen molar-refractivity contribution in [3.8, 4) is 5.75 Å². The molecule has 0 saturated heterocycles. The van der Waals surface area contributed by atoms with Gasteiger partial charge in [-0.05, 0) is 25.3 Å². The van der Waals surface area contributed by atoms with Crippen LogP contribution in [0.5, 0.6) is 5.75 Å². The summed E-state index contributed by atoms with van der Waals surface area (Å²) in [7, 11) is 0. The molecule has 0 unspecified atom stereocenters. The fraction of sp³-hybridized carbons (Fsp3) is 0.556. The van der Waals surface area contributed by atoms with Gasteiger partial charge < -0.3 is 15.6 Å². The van der Waals surface area contributed by atoms with Gasteiger partial charge in [-0.25, -0.2) is 0 Å². The fourth-order valence-corrected chi connectivity index (χ4v) is 2.41. The Bertz CT molecular complexity index is 321. The predicted molar refractivity (Wildman–Crippen MR) is 52.0 cm³/mol. The number of rotatable bonds is 0. The van der Waals surface area contributed by atoms with Crippen molar-refractivity contribution in [3.05, 3.63) is 16.3 Å². The highest BCUT2D eigenvalue weighted by Crippen LogP contribution is 2.41. The third kappa shape index (κ3) is 1.25. The van der Waals surface area contributed by atoms with Crippen LogP contribution in [0.25, 0.3) is 0 Å². The molecule has 2 rings (SSSR count). The Morgan fingerprint density at radius 3 is 3.00 bits per heavy atom. The van der Waals surface area contributed by atoms with Gasteiger partial charge in [0, 0.05) is 0 Å². The van der Waals surface area contributed by atoms with Gasteiger partial charge in [0.2, 0.25) is 0 Å². The predicted octanol–water partition coefficient (Wildman–Crippen LogP) is 1.28. The largest absolute Gasteiger partial charge is 0.484 e. The maximum Gasteiger partial charge on any atom is 0.135 e. The number of thiophene rings is 1. The number of ether oxygens (including phenoxy) is 1. The first kappa shape index (κ1) is 8.99. The van der Waals surface area contributed by atoms with Gasteiger partial charge >= 0.3 is 0 Å². The molecule has 0 saturated carbocycles. The summed E-state index contributed by atoms with van der Waals surface area (Å²) < 4.78 is 5.62. The van der Waals surface area contributed by atoms with Crippen molar-refractivity contribution in [1.82, 2.24) is 0 Å². The third-order valence-electron chi connectivity index (χ3n) is 2.39.